The Morgan fingerprint density at radius 2 is 1.67 bits per heavy atom. The van der Waals surface area contributed by atoms with Gasteiger partial charge in [-0.15, -0.1) is 0 Å². The lowest BCUT2D eigenvalue weighted by Crippen LogP contribution is -1.94. The summed E-state index contributed by atoms with van der Waals surface area (Å²) < 4.78 is 1.03. The number of benzene rings is 2. The first kappa shape index (κ1) is 13.1. The predicted octanol–water partition coefficient (Wildman–Crippen LogP) is 4.59. The Labute approximate surface area is 116 Å². The van der Waals surface area contributed by atoms with Crippen LogP contribution < -0.4 is 0 Å². The molecule has 0 amide bonds. The molecule has 2 aromatic carbocycles. The van der Waals surface area contributed by atoms with Crippen molar-refractivity contribution in [2.75, 3.05) is 0 Å². The molecule has 0 spiro atoms. The van der Waals surface area contributed by atoms with Crippen molar-refractivity contribution in [3.8, 4) is 0 Å². The molecule has 0 fully saturated rings. The standard InChI is InChI=1S/C16H15BrO/c17-15-11-9-14(10-12-15)16(18)8-4-7-13-5-2-1-3-6-13/h1-7,9-12,16,18H,8H2/b7-4+. The molecular weight excluding hydrogens is 288 g/mol. The smallest absolute Gasteiger partial charge is 0.0824 e. The SMILES string of the molecule is OC(C/C=C/c1ccccc1)c1ccc(Br)cc1. The molecule has 2 aromatic rings. The summed E-state index contributed by atoms with van der Waals surface area (Å²) >= 11 is 3.38. The van der Waals surface area contributed by atoms with Crippen molar-refractivity contribution in [3.63, 3.8) is 0 Å². The summed E-state index contributed by atoms with van der Waals surface area (Å²) in [6, 6.07) is 17.9. The van der Waals surface area contributed by atoms with Gasteiger partial charge in [-0.2, -0.15) is 0 Å². The number of aliphatic hydroxyl groups excluding tert-OH is 1. The maximum atomic E-state index is 10.0. The van der Waals surface area contributed by atoms with E-state index in [-0.39, 0.29) is 0 Å². The zero-order chi connectivity index (χ0) is 12.8. The number of halogens is 1. The van der Waals surface area contributed by atoms with Crippen molar-refractivity contribution < 1.29 is 5.11 Å². The van der Waals surface area contributed by atoms with Crippen molar-refractivity contribution in [2.24, 2.45) is 0 Å². The minimum Gasteiger partial charge on any atom is -0.388 e. The molecule has 0 bridgehead atoms. The second kappa shape index (κ2) is 6.53. The lowest BCUT2D eigenvalue weighted by atomic mass is 10.1. The maximum absolute atomic E-state index is 10.0. The zero-order valence-corrected chi connectivity index (χ0v) is 11.5. The van der Waals surface area contributed by atoms with Crippen LogP contribution in [-0.2, 0) is 0 Å². The van der Waals surface area contributed by atoms with Crippen LogP contribution in [0, 0.1) is 0 Å². The Kier molecular flexibility index (Phi) is 4.73. The zero-order valence-electron chi connectivity index (χ0n) is 9.96. The predicted molar refractivity (Wildman–Crippen MR) is 79.2 cm³/mol. The normalized spacial score (nSPS) is 12.8. The second-order valence-corrected chi connectivity index (χ2v) is 5.03. The summed E-state index contributed by atoms with van der Waals surface area (Å²) in [6.07, 6.45) is 4.21. The van der Waals surface area contributed by atoms with Crippen LogP contribution in [0.1, 0.15) is 23.7 Å². The van der Waals surface area contributed by atoms with Gasteiger partial charge < -0.3 is 5.11 Å². The van der Waals surface area contributed by atoms with E-state index in [1.165, 1.54) is 0 Å². The molecular formula is C16H15BrO. The van der Waals surface area contributed by atoms with Crippen LogP contribution in [0.4, 0.5) is 0 Å². The van der Waals surface area contributed by atoms with Gasteiger partial charge in [-0.3, -0.25) is 0 Å². The summed E-state index contributed by atoms with van der Waals surface area (Å²) in [4.78, 5) is 0. The number of hydrogen-bond acceptors (Lipinski definition) is 1. The van der Waals surface area contributed by atoms with Crippen LogP contribution in [0.5, 0.6) is 0 Å². The number of rotatable bonds is 4. The molecule has 0 heterocycles. The first-order valence-electron chi connectivity index (χ1n) is 5.91. The molecule has 0 radical (unpaired) electrons. The van der Waals surface area contributed by atoms with Crippen molar-refractivity contribution in [1.29, 1.82) is 0 Å². The summed E-state index contributed by atoms with van der Waals surface area (Å²) in [5.74, 6) is 0. The van der Waals surface area contributed by atoms with Gasteiger partial charge in [0.05, 0.1) is 6.10 Å². The molecule has 0 saturated carbocycles. The Morgan fingerprint density at radius 3 is 2.33 bits per heavy atom. The van der Waals surface area contributed by atoms with Gasteiger partial charge >= 0.3 is 0 Å². The second-order valence-electron chi connectivity index (χ2n) is 4.12. The molecule has 0 saturated heterocycles. The fourth-order valence-corrected chi connectivity index (χ4v) is 1.98. The van der Waals surface area contributed by atoms with Crippen LogP contribution in [0.25, 0.3) is 6.08 Å². The molecule has 2 rings (SSSR count). The van der Waals surface area contributed by atoms with E-state index >= 15 is 0 Å². The number of hydrogen-bond donors (Lipinski definition) is 1. The highest BCUT2D eigenvalue weighted by Gasteiger charge is 2.04. The molecule has 0 aromatic heterocycles. The first-order chi connectivity index (χ1) is 8.75. The fraction of sp³-hybridized carbons (Fsp3) is 0.125. The Bertz CT molecular complexity index is 502. The average molecular weight is 303 g/mol. The van der Waals surface area contributed by atoms with E-state index < -0.39 is 6.10 Å². The topological polar surface area (TPSA) is 20.2 Å². The lowest BCUT2D eigenvalue weighted by molar-refractivity contribution is 0.182. The lowest BCUT2D eigenvalue weighted by Gasteiger charge is -2.08. The number of aliphatic hydroxyl groups is 1. The van der Waals surface area contributed by atoms with E-state index in [4.69, 9.17) is 0 Å². The van der Waals surface area contributed by atoms with Crippen LogP contribution >= 0.6 is 15.9 Å². The van der Waals surface area contributed by atoms with Crippen LogP contribution in [-0.4, -0.2) is 5.11 Å². The molecule has 0 aliphatic carbocycles. The minimum absolute atomic E-state index is 0.446. The molecule has 0 aliphatic heterocycles. The molecule has 0 aliphatic rings. The monoisotopic (exact) mass is 302 g/mol. The van der Waals surface area contributed by atoms with Crippen molar-refractivity contribution in [1.82, 2.24) is 0 Å². The van der Waals surface area contributed by atoms with Crippen LogP contribution in [0.15, 0.2) is 65.1 Å². The Morgan fingerprint density at radius 1 is 1.00 bits per heavy atom. The van der Waals surface area contributed by atoms with E-state index in [0.717, 1.165) is 15.6 Å². The first-order valence-corrected chi connectivity index (χ1v) is 6.70. The fourth-order valence-electron chi connectivity index (χ4n) is 1.72. The highest BCUT2D eigenvalue weighted by atomic mass is 79.9. The van der Waals surface area contributed by atoms with E-state index in [0.29, 0.717) is 6.42 Å². The molecule has 18 heavy (non-hydrogen) atoms. The average Bonchev–Trinajstić information content (AvgIpc) is 2.40. The third-order valence-electron chi connectivity index (χ3n) is 2.72. The van der Waals surface area contributed by atoms with E-state index in [2.05, 4.69) is 15.9 Å². The Balaban J connectivity index is 1.94. The minimum atomic E-state index is -0.446. The highest BCUT2D eigenvalue weighted by Crippen LogP contribution is 2.20. The van der Waals surface area contributed by atoms with Crippen molar-refractivity contribution >= 4 is 22.0 Å². The molecule has 1 unspecified atom stereocenters. The molecule has 92 valence electrons. The molecule has 1 N–H and O–H groups in total. The quantitative estimate of drug-likeness (QED) is 0.876. The summed E-state index contributed by atoms with van der Waals surface area (Å²) in [5.41, 5.74) is 2.09. The Hall–Kier alpha value is -1.38. The van der Waals surface area contributed by atoms with Gasteiger partial charge in [0.15, 0.2) is 0 Å². The molecule has 1 nitrogen and oxygen atoms in total. The molecule has 2 heteroatoms. The van der Waals surface area contributed by atoms with E-state index in [1.54, 1.807) is 0 Å². The van der Waals surface area contributed by atoms with Gasteiger partial charge in [0.2, 0.25) is 0 Å². The van der Waals surface area contributed by atoms with Gasteiger partial charge in [-0.25, -0.2) is 0 Å². The van der Waals surface area contributed by atoms with Gasteiger partial charge in [0.25, 0.3) is 0 Å². The summed E-state index contributed by atoms with van der Waals surface area (Å²) in [6.45, 7) is 0. The van der Waals surface area contributed by atoms with Gasteiger partial charge in [-0.1, -0.05) is 70.5 Å². The van der Waals surface area contributed by atoms with Crippen molar-refractivity contribution in [3.05, 3.63) is 76.3 Å². The van der Waals surface area contributed by atoms with Gasteiger partial charge in [0, 0.05) is 4.47 Å². The van der Waals surface area contributed by atoms with Gasteiger partial charge in [-0.05, 0) is 29.7 Å². The van der Waals surface area contributed by atoms with Crippen LogP contribution in [0.3, 0.4) is 0 Å². The summed E-state index contributed by atoms with van der Waals surface area (Å²) in [5, 5.41) is 10.0. The molecule has 1 atom stereocenters. The summed E-state index contributed by atoms with van der Waals surface area (Å²) in [7, 11) is 0. The third-order valence-corrected chi connectivity index (χ3v) is 3.25. The van der Waals surface area contributed by atoms with E-state index in [1.807, 2.05) is 66.7 Å². The van der Waals surface area contributed by atoms with Gasteiger partial charge in [0.1, 0.15) is 0 Å². The highest BCUT2D eigenvalue weighted by molar-refractivity contribution is 9.10. The third kappa shape index (κ3) is 3.83. The van der Waals surface area contributed by atoms with E-state index in [9.17, 15) is 5.11 Å². The maximum Gasteiger partial charge on any atom is 0.0824 e. The van der Waals surface area contributed by atoms with Crippen LogP contribution in [0.2, 0.25) is 0 Å². The largest absolute Gasteiger partial charge is 0.388 e. The van der Waals surface area contributed by atoms with Crippen molar-refractivity contribution in [2.45, 2.75) is 12.5 Å².